The van der Waals surface area contributed by atoms with Crippen molar-refractivity contribution in [3.05, 3.63) is 69.6 Å². The van der Waals surface area contributed by atoms with Gasteiger partial charge in [-0.15, -0.1) is 0 Å². The Kier molecular flexibility index (Phi) is 5.58. The molecule has 0 saturated carbocycles. The van der Waals surface area contributed by atoms with Crippen LogP contribution in [0.5, 0.6) is 0 Å². The predicted molar refractivity (Wildman–Crippen MR) is 122 cm³/mol. The number of nitrogen functional groups attached to an aromatic ring is 1. The number of aryl methyl sites for hydroxylation is 1. The molecule has 6 nitrogen and oxygen atoms in total. The van der Waals surface area contributed by atoms with Gasteiger partial charge < -0.3 is 20.0 Å². The van der Waals surface area contributed by atoms with Crippen LogP contribution >= 0.6 is 27.5 Å². The van der Waals surface area contributed by atoms with Crippen molar-refractivity contribution in [2.45, 2.75) is 19.9 Å². The van der Waals surface area contributed by atoms with E-state index in [4.69, 9.17) is 21.8 Å². The van der Waals surface area contributed by atoms with Crippen molar-refractivity contribution in [3.63, 3.8) is 0 Å². The van der Waals surface area contributed by atoms with Gasteiger partial charge in [-0.2, -0.15) is 0 Å². The molecule has 3 N–H and O–H groups in total. The zero-order chi connectivity index (χ0) is 21.4. The van der Waals surface area contributed by atoms with Crippen molar-refractivity contribution in [2.75, 3.05) is 12.8 Å². The molecule has 0 spiro atoms. The van der Waals surface area contributed by atoms with E-state index in [1.54, 1.807) is 19.6 Å². The summed E-state index contributed by atoms with van der Waals surface area (Å²) >= 11 is 10.1. The smallest absolute Gasteiger partial charge is 0.270 e. The number of hydrogen-bond donors (Lipinski definition) is 2. The molecule has 0 unspecified atom stereocenters. The molecule has 2 aromatic rings. The lowest BCUT2D eigenvalue weighted by Gasteiger charge is -2.14. The number of hydrogen-bond acceptors (Lipinski definition) is 4. The van der Waals surface area contributed by atoms with E-state index in [2.05, 4.69) is 26.2 Å². The monoisotopic (exact) mass is 486 g/mol. The lowest BCUT2D eigenvalue weighted by Crippen LogP contribution is -2.23. The van der Waals surface area contributed by atoms with Crippen LogP contribution in [-0.2, 0) is 13.0 Å². The number of aromatic nitrogens is 2. The first-order valence-electron chi connectivity index (χ1n) is 9.45. The molecule has 1 aliphatic carbocycles. The zero-order valence-electron chi connectivity index (χ0n) is 16.5. The van der Waals surface area contributed by atoms with Crippen LogP contribution in [0.1, 0.15) is 28.8 Å². The third kappa shape index (κ3) is 3.38. The summed E-state index contributed by atoms with van der Waals surface area (Å²) in [7, 11) is 1.58. The van der Waals surface area contributed by atoms with Crippen molar-refractivity contribution in [1.82, 2.24) is 14.9 Å². The summed E-state index contributed by atoms with van der Waals surface area (Å²) in [6.07, 6.45) is 4.00. The molecule has 0 saturated heterocycles. The van der Waals surface area contributed by atoms with Gasteiger partial charge >= 0.3 is 0 Å². The van der Waals surface area contributed by atoms with Crippen LogP contribution in [0.3, 0.4) is 0 Å². The Morgan fingerprint density at radius 1 is 1.27 bits per heavy atom. The third-order valence-electron chi connectivity index (χ3n) is 5.15. The van der Waals surface area contributed by atoms with E-state index in [0.717, 1.165) is 38.1 Å². The van der Waals surface area contributed by atoms with Gasteiger partial charge in [-0.3, -0.25) is 4.79 Å². The highest BCUT2D eigenvalue weighted by molar-refractivity contribution is 9.10. The molecule has 0 radical (unpaired) electrons. The molecule has 154 valence electrons. The van der Waals surface area contributed by atoms with Gasteiger partial charge in [0.2, 0.25) is 0 Å². The van der Waals surface area contributed by atoms with Gasteiger partial charge in [0.1, 0.15) is 11.5 Å². The Hall–Kier alpha value is -2.77. The molecule has 2 heterocycles. The second kappa shape index (κ2) is 8.16. The number of fused-ring (bicyclic) bond motifs is 1. The Morgan fingerprint density at radius 3 is 2.67 bits per heavy atom. The third-order valence-corrected chi connectivity index (χ3v) is 6.24. The minimum atomic E-state index is -0.272. The van der Waals surface area contributed by atoms with E-state index >= 15 is 0 Å². The second-order valence-electron chi connectivity index (χ2n) is 6.86. The highest BCUT2D eigenvalue weighted by Gasteiger charge is 2.27. The maximum Gasteiger partial charge on any atom is 0.270 e. The highest BCUT2D eigenvalue weighted by atomic mass is 79.9. The van der Waals surface area contributed by atoms with E-state index in [-0.39, 0.29) is 11.1 Å². The van der Waals surface area contributed by atoms with Crippen molar-refractivity contribution < 1.29 is 9.21 Å². The number of rotatable bonds is 5. The summed E-state index contributed by atoms with van der Waals surface area (Å²) in [4.78, 5) is 17.0. The van der Waals surface area contributed by atoms with Crippen LogP contribution in [0.15, 0.2) is 51.7 Å². The first-order chi connectivity index (χ1) is 14.5. The fourth-order valence-electron chi connectivity index (χ4n) is 3.72. The molecule has 1 aromatic carbocycles. The van der Waals surface area contributed by atoms with Crippen LogP contribution < -0.4 is 11.1 Å². The zero-order valence-corrected chi connectivity index (χ0v) is 18.8. The fraction of sp³-hybridized carbons (Fsp3) is 0.182. The summed E-state index contributed by atoms with van der Waals surface area (Å²) in [5.74, 6) is 0.471. The molecule has 8 heteroatoms. The van der Waals surface area contributed by atoms with E-state index in [9.17, 15) is 4.79 Å². The number of amides is 1. The highest BCUT2D eigenvalue weighted by Crippen LogP contribution is 2.46. The van der Waals surface area contributed by atoms with Crippen molar-refractivity contribution >= 4 is 39.1 Å². The molecule has 1 amide bonds. The van der Waals surface area contributed by atoms with E-state index in [1.807, 2.05) is 41.8 Å². The topological polar surface area (TPSA) is 86.1 Å². The Bertz CT molecular complexity index is 1200. The number of imidazole rings is 1. The van der Waals surface area contributed by atoms with Crippen molar-refractivity contribution in [3.8, 4) is 22.3 Å². The lowest BCUT2D eigenvalue weighted by atomic mass is 10.0. The van der Waals surface area contributed by atoms with Gasteiger partial charge in [0.15, 0.2) is 5.15 Å². The molecule has 0 fully saturated rings. The Labute approximate surface area is 187 Å². The van der Waals surface area contributed by atoms with Gasteiger partial charge in [-0.05, 0) is 50.8 Å². The van der Waals surface area contributed by atoms with Crippen LogP contribution in [-0.4, -0.2) is 22.5 Å². The number of nitrogens with one attached hydrogen (secondary N) is 1. The quantitative estimate of drug-likeness (QED) is 0.378. The number of nitrogens with zero attached hydrogens (tertiary/aromatic N) is 2. The van der Waals surface area contributed by atoms with Gasteiger partial charge in [-0.25, -0.2) is 4.98 Å². The van der Waals surface area contributed by atoms with E-state index < -0.39 is 0 Å². The molecule has 0 bridgehead atoms. The number of carbonyl (C=O) groups is 1. The number of nitrogens with two attached hydrogens (primary N) is 1. The van der Waals surface area contributed by atoms with Crippen LogP contribution in [0.2, 0.25) is 5.15 Å². The average molecular weight is 488 g/mol. The minimum Gasteiger partial charge on any atom is -0.472 e. The van der Waals surface area contributed by atoms with E-state index in [0.29, 0.717) is 24.3 Å². The predicted octanol–water partition coefficient (Wildman–Crippen LogP) is 5.22. The molecule has 1 aliphatic heterocycles. The SMILES string of the molecule is CCc1nc(Cl)c(C(=O)NC)n1Cc1c2ccocc-2c(Br)c1-c1ccc(N)cc1. The Balaban J connectivity index is 1.96. The summed E-state index contributed by atoms with van der Waals surface area (Å²) in [6, 6.07) is 9.64. The second-order valence-corrected chi connectivity index (χ2v) is 8.01. The normalized spacial score (nSPS) is 11.2. The molecular weight excluding hydrogens is 468 g/mol. The molecule has 1 aromatic heterocycles. The lowest BCUT2D eigenvalue weighted by molar-refractivity contribution is 0.0954. The van der Waals surface area contributed by atoms with Gasteiger partial charge in [0.05, 0.1) is 19.1 Å². The molecule has 2 aliphatic rings. The molecular formula is C22H20BrClN4O2. The first-order valence-corrected chi connectivity index (χ1v) is 10.6. The molecule has 4 rings (SSSR count). The summed E-state index contributed by atoms with van der Waals surface area (Å²) < 4.78 is 8.22. The average Bonchev–Trinajstić information content (AvgIpc) is 3.22. The van der Waals surface area contributed by atoms with Crippen LogP contribution in [0.4, 0.5) is 5.69 Å². The van der Waals surface area contributed by atoms with E-state index in [1.165, 1.54) is 0 Å². The maximum absolute atomic E-state index is 12.5. The molecule has 0 atom stereocenters. The Morgan fingerprint density at radius 2 is 2.00 bits per heavy atom. The maximum atomic E-state index is 12.5. The summed E-state index contributed by atoms with van der Waals surface area (Å²) in [6.45, 7) is 2.42. The van der Waals surface area contributed by atoms with Gasteiger partial charge in [0.25, 0.3) is 5.91 Å². The van der Waals surface area contributed by atoms with Gasteiger partial charge in [-0.1, -0.05) is 30.7 Å². The number of benzene rings is 1. The van der Waals surface area contributed by atoms with Crippen molar-refractivity contribution in [1.29, 1.82) is 0 Å². The standard InChI is InChI=1S/C22H20BrClN4O2/c1-3-17-27-21(24)20(22(29)26-2)28(17)10-15-14-8-9-30-11-16(14)19(23)18(15)12-4-6-13(25)7-5-12/h4-9,11H,3,10,25H2,1-2H3,(H,26,29). The van der Waals surface area contributed by atoms with Crippen molar-refractivity contribution in [2.24, 2.45) is 0 Å². The van der Waals surface area contributed by atoms with Crippen LogP contribution in [0, 0.1) is 0 Å². The summed E-state index contributed by atoms with van der Waals surface area (Å²) in [5, 5.41) is 2.86. The summed E-state index contributed by atoms with van der Waals surface area (Å²) in [5.41, 5.74) is 12.0. The largest absolute Gasteiger partial charge is 0.472 e. The number of anilines is 1. The fourth-order valence-corrected chi connectivity index (χ4v) is 4.78. The number of halogens is 2. The number of carbonyl (C=O) groups excluding carboxylic acids is 1. The molecule has 30 heavy (non-hydrogen) atoms. The van der Waals surface area contributed by atoms with Crippen LogP contribution in [0.25, 0.3) is 22.3 Å². The first kappa shape index (κ1) is 20.5. The van der Waals surface area contributed by atoms with Gasteiger partial charge in [0, 0.05) is 34.8 Å². The minimum absolute atomic E-state index is 0.199.